The van der Waals surface area contributed by atoms with Crippen LogP contribution >= 0.6 is 0 Å². The number of likely N-dealkylation sites (N-methyl/N-ethyl adjacent to an activating group) is 1. The van der Waals surface area contributed by atoms with E-state index in [2.05, 4.69) is 75.3 Å². The van der Waals surface area contributed by atoms with Gasteiger partial charge in [0.2, 0.25) is 0 Å². The number of rotatable bonds is 4. The third-order valence-corrected chi connectivity index (χ3v) is 7.36. The number of benzene rings is 2. The van der Waals surface area contributed by atoms with Crippen LogP contribution in [0.5, 0.6) is 0 Å². The highest BCUT2D eigenvalue weighted by atomic mass is 16.2. The van der Waals surface area contributed by atoms with Crippen LogP contribution in [0.25, 0.3) is 32.8 Å². The average molecular weight is 457 g/mol. The van der Waals surface area contributed by atoms with Gasteiger partial charge in [-0.3, -0.25) is 0 Å². The van der Waals surface area contributed by atoms with Crippen LogP contribution in [0.2, 0.25) is 0 Å². The summed E-state index contributed by atoms with van der Waals surface area (Å²) in [5, 5.41) is 5.59. The molecule has 2 aliphatic rings. The number of piperazine rings is 1. The first-order valence-corrected chi connectivity index (χ1v) is 12.5. The molecule has 176 valence electrons. The van der Waals surface area contributed by atoms with Crippen LogP contribution in [-0.4, -0.2) is 78.2 Å². The minimum Gasteiger partial charge on any atom is -0.369 e. The molecule has 4 aromatic rings. The lowest BCUT2D eigenvalue weighted by molar-refractivity contribution is 0.154. The normalized spacial score (nSPS) is 17.0. The Labute approximate surface area is 199 Å². The average Bonchev–Trinajstić information content (AvgIpc) is 3.04. The molecule has 0 saturated carbocycles. The van der Waals surface area contributed by atoms with Crippen LogP contribution in [0.4, 0.5) is 10.5 Å². The Kier molecular flexibility index (Phi) is 5.49. The van der Waals surface area contributed by atoms with Crippen molar-refractivity contribution >= 4 is 44.6 Å². The molecule has 2 aliphatic heterocycles. The number of carbonyl (C=O) groups excluding carboxylic acids is 1. The van der Waals surface area contributed by atoms with Crippen LogP contribution in [0.1, 0.15) is 12.8 Å². The maximum Gasteiger partial charge on any atom is 0.317 e. The van der Waals surface area contributed by atoms with Crippen molar-refractivity contribution in [3.63, 3.8) is 0 Å². The van der Waals surface area contributed by atoms with Gasteiger partial charge < -0.3 is 24.6 Å². The van der Waals surface area contributed by atoms with E-state index in [9.17, 15) is 4.79 Å². The molecule has 2 aromatic carbocycles. The summed E-state index contributed by atoms with van der Waals surface area (Å²) >= 11 is 0. The minimum atomic E-state index is 0.0702. The molecule has 34 heavy (non-hydrogen) atoms. The highest BCUT2D eigenvalue weighted by Gasteiger charge is 2.24. The molecule has 4 heterocycles. The molecule has 2 aromatic heterocycles. The smallest absolute Gasteiger partial charge is 0.317 e. The number of aromatic nitrogens is 2. The SMILES string of the molecule is CN1CCN(C(=O)NCCCN2CCCn3c4ccccc4c4nc5ccccc5c2c43)CC1. The number of fused-ring (bicyclic) bond motifs is 5. The van der Waals surface area contributed by atoms with Gasteiger partial charge in [-0.25, -0.2) is 9.78 Å². The number of pyridine rings is 1. The van der Waals surface area contributed by atoms with Crippen molar-refractivity contribution in [2.75, 3.05) is 57.8 Å². The highest BCUT2D eigenvalue weighted by Crippen LogP contribution is 2.40. The molecule has 2 amide bonds. The second-order valence-electron chi connectivity index (χ2n) is 9.56. The standard InChI is InChI=1S/C27H32N6O/c1-30-16-18-32(19-17-30)27(34)28-12-6-13-31-14-7-15-33-23-11-5-3-9-21(23)24-26(33)25(31)20-8-2-4-10-22(20)29-24/h2-5,8-11H,6-7,12-19H2,1H3,(H,28,34). The number of hydrogen-bond donors (Lipinski definition) is 1. The summed E-state index contributed by atoms with van der Waals surface area (Å²) in [6.45, 7) is 7.10. The van der Waals surface area contributed by atoms with Gasteiger partial charge in [-0.1, -0.05) is 36.4 Å². The summed E-state index contributed by atoms with van der Waals surface area (Å²) in [5.74, 6) is 0. The van der Waals surface area contributed by atoms with E-state index in [0.717, 1.165) is 69.7 Å². The maximum atomic E-state index is 12.6. The van der Waals surface area contributed by atoms with Crippen molar-refractivity contribution in [1.29, 1.82) is 0 Å². The van der Waals surface area contributed by atoms with E-state index in [1.54, 1.807) is 0 Å². The first-order valence-electron chi connectivity index (χ1n) is 12.5. The van der Waals surface area contributed by atoms with E-state index in [1.807, 2.05) is 4.90 Å². The largest absolute Gasteiger partial charge is 0.369 e. The molecule has 0 radical (unpaired) electrons. The number of anilines is 1. The van der Waals surface area contributed by atoms with Crippen LogP contribution < -0.4 is 10.2 Å². The minimum absolute atomic E-state index is 0.0702. The summed E-state index contributed by atoms with van der Waals surface area (Å²) in [6.07, 6.45) is 2.00. The van der Waals surface area contributed by atoms with Gasteiger partial charge in [0.1, 0.15) is 0 Å². The molecule has 1 saturated heterocycles. The zero-order valence-corrected chi connectivity index (χ0v) is 19.8. The number of amides is 2. The zero-order valence-electron chi connectivity index (χ0n) is 19.8. The summed E-state index contributed by atoms with van der Waals surface area (Å²) in [7, 11) is 2.11. The van der Waals surface area contributed by atoms with Gasteiger partial charge in [-0.2, -0.15) is 0 Å². The number of nitrogens with zero attached hydrogens (tertiary/aromatic N) is 5. The van der Waals surface area contributed by atoms with E-state index >= 15 is 0 Å². The Morgan fingerprint density at radius 3 is 2.56 bits per heavy atom. The first-order chi connectivity index (χ1) is 16.7. The lowest BCUT2D eigenvalue weighted by Crippen LogP contribution is -2.50. The Balaban J connectivity index is 1.28. The second kappa shape index (κ2) is 8.80. The van der Waals surface area contributed by atoms with Crippen molar-refractivity contribution in [2.45, 2.75) is 19.4 Å². The van der Waals surface area contributed by atoms with Crippen molar-refractivity contribution < 1.29 is 4.79 Å². The van der Waals surface area contributed by atoms with Crippen LogP contribution in [0.3, 0.4) is 0 Å². The topological polar surface area (TPSA) is 56.6 Å². The van der Waals surface area contributed by atoms with Gasteiger partial charge in [0.15, 0.2) is 0 Å². The lowest BCUT2D eigenvalue weighted by atomic mass is 10.1. The summed E-state index contributed by atoms with van der Waals surface area (Å²) < 4.78 is 2.47. The zero-order chi connectivity index (χ0) is 23.1. The fourth-order valence-electron chi connectivity index (χ4n) is 5.55. The third-order valence-electron chi connectivity index (χ3n) is 7.36. The van der Waals surface area contributed by atoms with Gasteiger partial charge in [0.05, 0.1) is 27.8 Å². The molecule has 1 N–H and O–H groups in total. The molecule has 1 fully saturated rings. The predicted molar refractivity (Wildman–Crippen MR) is 139 cm³/mol. The third kappa shape index (κ3) is 3.64. The van der Waals surface area contributed by atoms with Crippen LogP contribution in [-0.2, 0) is 6.54 Å². The van der Waals surface area contributed by atoms with E-state index < -0.39 is 0 Å². The van der Waals surface area contributed by atoms with E-state index in [0.29, 0.717) is 6.54 Å². The summed E-state index contributed by atoms with van der Waals surface area (Å²) in [5.41, 5.74) is 5.95. The monoisotopic (exact) mass is 456 g/mol. The van der Waals surface area contributed by atoms with Crippen molar-refractivity contribution in [3.05, 3.63) is 48.5 Å². The molecule has 0 atom stereocenters. The number of para-hydroxylation sites is 2. The molecular weight excluding hydrogens is 424 g/mol. The van der Waals surface area contributed by atoms with Crippen molar-refractivity contribution in [3.8, 4) is 0 Å². The molecule has 7 heteroatoms. The second-order valence-corrected chi connectivity index (χ2v) is 9.56. The molecule has 0 bridgehead atoms. The molecule has 0 aliphatic carbocycles. The summed E-state index contributed by atoms with van der Waals surface area (Å²) in [4.78, 5) is 24.4. The molecule has 0 spiro atoms. The van der Waals surface area contributed by atoms with Gasteiger partial charge in [0, 0.05) is 63.1 Å². The number of nitrogens with one attached hydrogen (secondary N) is 1. The van der Waals surface area contributed by atoms with E-state index in [1.165, 1.54) is 27.5 Å². The molecular formula is C27H32N6O. The van der Waals surface area contributed by atoms with Crippen LogP contribution in [0.15, 0.2) is 48.5 Å². The lowest BCUT2D eigenvalue weighted by Gasteiger charge is -2.32. The van der Waals surface area contributed by atoms with Gasteiger partial charge in [-0.15, -0.1) is 0 Å². The van der Waals surface area contributed by atoms with Gasteiger partial charge in [-0.05, 0) is 32.0 Å². The molecule has 6 rings (SSSR count). The Hall–Kier alpha value is -3.32. The Morgan fingerprint density at radius 2 is 1.71 bits per heavy atom. The maximum absolute atomic E-state index is 12.6. The highest BCUT2D eigenvalue weighted by molar-refractivity contribution is 6.16. The number of aryl methyl sites for hydroxylation is 1. The predicted octanol–water partition coefficient (Wildman–Crippen LogP) is 3.90. The Morgan fingerprint density at radius 1 is 0.941 bits per heavy atom. The molecule has 7 nitrogen and oxygen atoms in total. The van der Waals surface area contributed by atoms with E-state index in [-0.39, 0.29) is 6.03 Å². The molecule has 0 unspecified atom stereocenters. The van der Waals surface area contributed by atoms with Gasteiger partial charge in [0.25, 0.3) is 0 Å². The number of urea groups is 1. The summed E-state index contributed by atoms with van der Waals surface area (Å²) in [6, 6.07) is 17.2. The van der Waals surface area contributed by atoms with Crippen LogP contribution in [0, 0.1) is 0 Å². The van der Waals surface area contributed by atoms with Crippen molar-refractivity contribution in [1.82, 2.24) is 24.7 Å². The van der Waals surface area contributed by atoms with E-state index in [4.69, 9.17) is 4.98 Å². The first kappa shape index (κ1) is 21.2. The number of hydrogen-bond acceptors (Lipinski definition) is 4. The fourth-order valence-corrected chi connectivity index (χ4v) is 5.55. The number of carbonyl (C=O) groups is 1. The Bertz CT molecular complexity index is 1350. The fraction of sp³-hybridized carbons (Fsp3) is 0.407. The van der Waals surface area contributed by atoms with Crippen molar-refractivity contribution in [2.24, 2.45) is 0 Å². The van der Waals surface area contributed by atoms with Gasteiger partial charge >= 0.3 is 6.03 Å². The quantitative estimate of drug-likeness (QED) is 0.473.